The van der Waals surface area contributed by atoms with Crippen LogP contribution in [0.25, 0.3) is 0 Å². The molecule has 8 heteroatoms. The number of benzene rings is 1. The van der Waals surface area contributed by atoms with E-state index in [1.54, 1.807) is 24.3 Å². The zero-order valence-electron chi connectivity index (χ0n) is 12.9. The molecule has 0 unspecified atom stereocenters. The van der Waals surface area contributed by atoms with Crippen molar-refractivity contribution in [1.29, 1.82) is 0 Å². The molecule has 2 rings (SSSR count). The maximum absolute atomic E-state index is 12.5. The lowest BCUT2D eigenvalue weighted by Crippen LogP contribution is -2.36. The number of H-pyrrole nitrogens is 1. The number of aromatic nitrogens is 1. The molecule has 1 amide bonds. The summed E-state index contributed by atoms with van der Waals surface area (Å²) in [6.45, 7) is 0. The first kappa shape index (κ1) is 17.6. The number of amides is 1. The van der Waals surface area contributed by atoms with E-state index < -0.39 is 23.5 Å². The average molecular weight is 351 g/mol. The number of carboxylic acids is 1. The Morgan fingerprint density at radius 3 is 2.42 bits per heavy atom. The van der Waals surface area contributed by atoms with Crippen LogP contribution in [-0.4, -0.2) is 41.0 Å². The molecule has 7 nitrogen and oxygen atoms in total. The summed E-state index contributed by atoms with van der Waals surface area (Å²) < 4.78 is 5.03. The highest BCUT2D eigenvalue weighted by atomic mass is 35.5. The van der Waals surface area contributed by atoms with Crippen LogP contribution in [-0.2, 0) is 4.79 Å². The lowest BCUT2D eigenvalue weighted by Gasteiger charge is -2.25. The Kier molecular flexibility index (Phi) is 5.25. The number of pyridine rings is 1. The summed E-state index contributed by atoms with van der Waals surface area (Å²) in [7, 11) is 2.86. The van der Waals surface area contributed by atoms with Crippen molar-refractivity contribution in [2.45, 2.75) is 6.04 Å². The molecule has 0 aliphatic heterocycles. The standard InChI is InChI=1S/C16H15ClN2O5/c1-19(15(21)10-7-12(17)14(20)18-8-10)13(16(22)23)9-3-5-11(24-2)6-4-9/h3-8,13H,1-2H3,(H,18,20)(H,22,23)/t13-/m0/s1. The second-order valence-corrected chi connectivity index (χ2v) is 5.40. The maximum Gasteiger partial charge on any atom is 0.331 e. The van der Waals surface area contributed by atoms with Gasteiger partial charge in [0.25, 0.3) is 11.5 Å². The zero-order chi connectivity index (χ0) is 17.9. The van der Waals surface area contributed by atoms with Crippen molar-refractivity contribution >= 4 is 23.5 Å². The van der Waals surface area contributed by atoms with Gasteiger partial charge in [-0.15, -0.1) is 0 Å². The highest BCUT2D eigenvalue weighted by molar-refractivity contribution is 6.30. The van der Waals surface area contributed by atoms with Gasteiger partial charge in [0, 0.05) is 13.2 Å². The lowest BCUT2D eigenvalue weighted by molar-refractivity contribution is -0.142. The quantitative estimate of drug-likeness (QED) is 0.858. The zero-order valence-corrected chi connectivity index (χ0v) is 13.7. The van der Waals surface area contributed by atoms with Crippen molar-refractivity contribution in [2.75, 3.05) is 14.2 Å². The molecular formula is C16H15ClN2O5. The molecule has 0 bridgehead atoms. The van der Waals surface area contributed by atoms with Crippen LogP contribution in [0.5, 0.6) is 5.75 Å². The molecule has 0 aliphatic rings. The molecule has 0 saturated carbocycles. The minimum atomic E-state index is -1.20. The number of nitrogens with zero attached hydrogens (tertiary/aromatic N) is 1. The molecule has 1 heterocycles. The first-order chi connectivity index (χ1) is 11.3. The van der Waals surface area contributed by atoms with Crippen molar-refractivity contribution in [1.82, 2.24) is 9.88 Å². The monoisotopic (exact) mass is 350 g/mol. The number of hydrogen-bond donors (Lipinski definition) is 2. The first-order valence-electron chi connectivity index (χ1n) is 6.87. The molecule has 1 aromatic carbocycles. The van der Waals surface area contributed by atoms with Crippen molar-refractivity contribution in [3.8, 4) is 5.75 Å². The fourth-order valence-corrected chi connectivity index (χ4v) is 2.39. The number of methoxy groups -OCH3 is 1. The summed E-state index contributed by atoms with van der Waals surface area (Å²) in [5.41, 5.74) is -0.0302. The predicted molar refractivity (Wildman–Crippen MR) is 87.5 cm³/mol. The van der Waals surface area contributed by atoms with Crippen LogP contribution in [0.1, 0.15) is 22.0 Å². The Morgan fingerprint density at radius 2 is 1.92 bits per heavy atom. The number of carbonyl (C=O) groups is 2. The Labute approximate surface area is 142 Å². The Morgan fingerprint density at radius 1 is 1.29 bits per heavy atom. The number of likely N-dealkylation sites (N-methyl/N-ethyl adjacent to an activating group) is 1. The Balaban J connectivity index is 2.35. The van der Waals surface area contributed by atoms with Crippen molar-refractivity contribution in [3.63, 3.8) is 0 Å². The number of nitrogens with one attached hydrogen (secondary N) is 1. The van der Waals surface area contributed by atoms with Crippen LogP contribution in [0.15, 0.2) is 41.3 Å². The molecule has 1 atom stereocenters. The molecule has 0 spiro atoms. The van der Waals surface area contributed by atoms with Gasteiger partial charge in [-0.2, -0.15) is 0 Å². The second kappa shape index (κ2) is 7.18. The van der Waals surface area contributed by atoms with E-state index in [2.05, 4.69) is 4.98 Å². The van der Waals surface area contributed by atoms with Crippen LogP contribution in [0.4, 0.5) is 0 Å². The number of carboxylic acid groups (broad SMARTS) is 1. The van der Waals surface area contributed by atoms with E-state index in [0.717, 1.165) is 4.90 Å². The van der Waals surface area contributed by atoms with Gasteiger partial charge < -0.3 is 19.7 Å². The molecule has 0 saturated heterocycles. The van der Waals surface area contributed by atoms with Gasteiger partial charge >= 0.3 is 5.97 Å². The number of hydrogen-bond acceptors (Lipinski definition) is 4. The van der Waals surface area contributed by atoms with Gasteiger partial charge in [0.2, 0.25) is 0 Å². The molecule has 0 aliphatic carbocycles. The fraction of sp³-hybridized carbons (Fsp3) is 0.188. The second-order valence-electron chi connectivity index (χ2n) is 5.00. The van der Waals surface area contributed by atoms with Gasteiger partial charge in [-0.05, 0) is 23.8 Å². The van der Waals surface area contributed by atoms with Crippen LogP contribution in [0.2, 0.25) is 5.02 Å². The third-order valence-electron chi connectivity index (χ3n) is 3.48. The third kappa shape index (κ3) is 3.57. The van der Waals surface area contributed by atoms with E-state index in [1.165, 1.54) is 26.4 Å². The van der Waals surface area contributed by atoms with Crippen molar-refractivity contribution < 1.29 is 19.4 Å². The van der Waals surface area contributed by atoms with Gasteiger partial charge in [-0.1, -0.05) is 23.7 Å². The van der Waals surface area contributed by atoms with Gasteiger partial charge in [0.05, 0.1) is 12.7 Å². The van der Waals surface area contributed by atoms with Crippen LogP contribution >= 0.6 is 11.6 Å². The molecule has 2 N–H and O–H groups in total. The van der Waals surface area contributed by atoms with E-state index in [4.69, 9.17) is 16.3 Å². The van der Waals surface area contributed by atoms with Gasteiger partial charge in [0.1, 0.15) is 10.8 Å². The van der Waals surface area contributed by atoms with E-state index in [0.29, 0.717) is 11.3 Å². The number of aliphatic carboxylic acids is 1. The summed E-state index contributed by atoms with van der Waals surface area (Å²) in [5.74, 6) is -1.20. The lowest BCUT2D eigenvalue weighted by atomic mass is 10.0. The van der Waals surface area contributed by atoms with Crippen LogP contribution in [0.3, 0.4) is 0 Å². The number of ether oxygens (including phenoxy) is 1. The molecule has 0 radical (unpaired) electrons. The molecule has 2 aromatic rings. The number of rotatable bonds is 5. The summed E-state index contributed by atoms with van der Waals surface area (Å²) in [5, 5.41) is 9.36. The third-order valence-corrected chi connectivity index (χ3v) is 3.76. The van der Waals surface area contributed by atoms with Crippen LogP contribution < -0.4 is 10.3 Å². The van der Waals surface area contributed by atoms with E-state index in [9.17, 15) is 19.5 Å². The largest absolute Gasteiger partial charge is 0.497 e. The SMILES string of the molecule is COc1ccc([C@@H](C(=O)O)N(C)C(=O)c2c[nH]c(=O)c(Cl)c2)cc1. The van der Waals surface area contributed by atoms with Gasteiger partial charge in [-0.3, -0.25) is 9.59 Å². The minimum Gasteiger partial charge on any atom is -0.497 e. The highest BCUT2D eigenvalue weighted by Gasteiger charge is 2.29. The number of halogens is 1. The van der Waals surface area contributed by atoms with Crippen molar-refractivity contribution in [2.24, 2.45) is 0 Å². The first-order valence-corrected chi connectivity index (χ1v) is 7.25. The number of aromatic amines is 1. The highest BCUT2D eigenvalue weighted by Crippen LogP contribution is 2.24. The molecule has 1 aromatic heterocycles. The molecule has 24 heavy (non-hydrogen) atoms. The minimum absolute atomic E-state index is 0.0851. The van der Waals surface area contributed by atoms with Crippen LogP contribution in [0, 0.1) is 0 Å². The smallest absolute Gasteiger partial charge is 0.331 e. The average Bonchev–Trinajstić information content (AvgIpc) is 2.57. The summed E-state index contributed by atoms with van der Waals surface area (Å²) in [6.07, 6.45) is 1.19. The van der Waals surface area contributed by atoms with E-state index in [-0.39, 0.29) is 10.6 Å². The van der Waals surface area contributed by atoms with E-state index in [1.807, 2.05) is 0 Å². The maximum atomic E-state index is 12.5. The van der Waals surface area contributed by atoms with E-state index >= 15 is 0 Å². The van der Waals surface area contributed by atoms with Crippen molar-refractivity contribution in [3.05, 3.63) is 63.0 Å². The normalized spacial score (nSPS) is 11.6. The number of carbonyl (C=O) groups excluding carboxylic acids is 1. The Hall–Kier alpha value is -2.80. The Bertz CT molecular complexity index is 816. The molecule has 0 fully saturated rings. The topological polar surface area (TPSA) is 99.7 Å². The predicted octanol–water partition coefficient (Wildman–Crippen LogP) is 1.93. The van der Waals surface area contributed by atoms with Gasteiger partial charge in [-0.25, -0.2) is 4.79 Å². The molecule has 126 valence electrons. The summed E-state index contributed by atoms with van der Waals surface area (Å²) >= 11 is 5.71. The summed E-state index contributed by atoms with van der Waals surface area (Å²) in [6, 6.07) is 6.37. The van der Waals surface area contributed by atoms with Gasteiger partial charge in [0.15, 0.2) is 6.04 Å². The fourth-order valence-electron chi connectivity index (χ4n) is 2.22. The molecular weight excluding hydrogens is 336 g/mol. The summed E-state index contributed by atoms with van der Waals surface area (Å²) in [4.78, 5) is 38.8.